The van der Waals surface area contributed by atoms with Crippen molar-refractivity contribution in [1.29, 1.82) is 0 Å². The Balaban J connectivity index is 2.14. The van der Waals surface area contributed by atoms with Crippen molar-refractivity contribution >= 4 is 44.5 Å². The van der Waals surface area contributed by atoms with Gasteiger partial charge < -0.3 is 9.62 Å². The summed E-state index contributed by atoms with van der Waals surface area (Å²) in [4.78, 5) is 7.98. The van der Waals surface area contributed by atoms with Crippen molar-refractivity contribution < 1.29 is 31.2 Å². The third-order valence-electron chi connectivity index (χ3n) is 3.95. The van der Waals surface area contributed by atoms with Gasteiger partial charge in [-0.15, -0.1) is 0 Å². The SMILES string of the molecule is C=C(C=NO)c1cnc(-c2nc3cc(SC(F)(F)F)ccc3o2)c(S(=O)(=O)CC)c1. The zero-order chi connectivity index (χ0) is 22.1. The maximum absolute atomic E-state index is 12.6. The second-order valence-corrected chi connectivity index (χ2v) is 9.33. The number of rotatable bonds is 6. The molecule has 3 aromatic rings. The minimum atomic E-state index is -4.46. The molecular weight excluding hydrogens is 443 g/mol. The van der Waals surface area contributed by atoms with Crippen LogP contribution in [0.15, 0.2) is 56.4 Å². The first-order chi connectivity index (χ1) is 14.0. The van der Waals surface area contributed by atoms with E-state index >= 15 is 0 Å². The van der Waals surface area contributed by atoms with Crippen LogP contribution in [0.4, 0.5) is 13.2 Å². The molecule has 1 aromatic carbocycles. The number of sulfone groups is 1. The number of oxazole rings is 1. The fourth-order valence-corrected chi connectivity index (χ4v) is 4.15. The zero-order valence-electron chi connectivity index (χ0n) is 15.3. The van der Waals surface area contributed by atoms with Crippen LogP contribution in [0, 0.1) is 0 Å². The Morgan fingerprint density at radius 2 is 2.10 bits per heavy atom. The minimum absolute atomic E-state index is 0.0841. The molecule has 3 rings (SSSR count). The number of allylic oxidation sites excluding steroid dienone is 1. The number of halogens is 3. The molecule has 12 heteroatoms. The van der Waals surface area contributed by atoms with E-state index in [-0.39, 0.29) is 55.6 Å². The first kappa shape index (κ1) is 21.8. The number of oxime groups is 1. The molecule has 0 saturated heterocycles. The highest BCUT2D eigenvalue weighted by Crippen LogP contribution is 2.38. The molecule has 0 aliphatic heterocycles. The van der Waals surface area contributed by atoms with E-state index in [9.17, 15) is 21.6 Å². The Morgan fingerprint density at radius 3 is 2.73 bits per heavy atom. The van der Waals surface area contributed by atoms with Crippen molar-refractivity contribution in [3.63, 3.8) is 0 Å². The lowest BCUT2D eigenvalue weighted by Crippen LogP contribution is -2.08. The summed E-state index contributed by atoms with van der Waals surface area (Å²) >= 11 is -0.294. The van der Waals surface area contributed by atoms with E-state index in [2.05, 4.69) is 21.7 Å². The molecule has 0 bridgehead atoms. The molecule has 0 saturated carbocycles. The molecule has 0 aliphatic rings. The quantitative estimate of drug-likeness (QED) is 0.246. The van der Waals surface area contributed by atoms with Crippen LogP contribution in [-0.4, -0.2) is 41.1 Å². The lowest BCUT2D eigenvalue weighted by Gasteiger charge is -2.08. The van der Waals surface area contributed by atoms with Gasteiger partial charge in [-0.2, -0.15) is 13.2 Å². The minimum Gasteiger partial charge on any atom is -0.435 e. The molecular formula is C18H14F3N3O4S2. The number of aromatic nitrogens is 2. The molecule has 0 amide bonds. The van der Waals surface area contributed by atoms with Crippen LogP contribution in [0.5, 0.6) is 0 Å². The average Bonchev–Trinajstić information content (AvgIpc) is 3.09. The largest absolute Gasteiger partial charge is 0.446 e. The van der Waals surface area contributed by atoms with E-state index in [1.165, 1.54) is 37.4 Å². The van der Waals surface area contributed by atoms with Crippen LogP contribution in [-0.2, 0) is 9.84 Å². The second kappa shape index (κ2) is 8.11. The number of hydrogen-bond donors (Lipinski definition) is 1. The van der Waals surface area contributed by atoms with Gasteiger partial charge >= 0.3 is 5.51 Å². The van der Waals surface area contributed by atoms with E-state index < -0.39 is 15.3 Å². The summed E-state index contributed by atoms with van der Waals surface area (Å²) in [7, 11) is -3.78. The first-order valence-corrected chi connectivity index (χ1v) is 10.8. The van der Waals surface area contributed by atoms with Gasteiger partial charge in [0.05, 0.1) is 16.9 Å². The molecule has 7 nitrogen and oxygen atoms in total. The van der Waals surface area contributed by atoms with Crippen LogP contribution >= 0.6 is 11.8 Å². The lowest BCUT2D eigenvalue weighted by molar-refractivity contribution is -0.0328. The third kappa shape index (κ3) is 4.65. The standard InChI is InChI=1S/C18H14F3N3O4S2/c1-3-30(26,27)15-6-11(10(2)8-23-25)9-22-16(15)17-24-13-7-12(29-18(19,20)21)4-5-14(13)28-17/h4-9,25H,2-3H2,1H3. The van der Waals surface area contributed by atoms with E-state index in [4.69, 9.17) is 9.62 Å². The summed E-state index contributed by atoms with van der Waals surface area (Å²) in [5.74, 6) is -0.391. The fraction of sp³-hybridized carbons (Fsp3) is 0.167. The number of benzene rings is 1. The Kier molecular flexibility index (Phi) is 5.90. The van der Waals surface area contributed by atoms with E-state index in [1.54, 1.807) is 0 Å². The van der Waals surface area contributed by atoms with Crippen molar-refractivity contribution in [1.82, 2.24) is 9.97 Å². The summed E-state index contributed by atoms with van der Waals surface area (Å²) in [6.07, 6.45) is 2.33. The van der Waals surface area contributed by atoms with Crippen molar-refractivity contribution in [3.8, 4) is 11.6 Å². The van der Waals surface area contributed by atoms with E-state index in [0.717, 1.165) is 6.21 Å². The van der Waals surface area contributed by atoms with Crippen molar-refractivity contribution in [3.05, 3.63) is 42.6 Å². The summed E-state index contributed by atoms with van der Waals surface area (Å²) in [5, 5.41) is 11.5. The first-order valence-electron chi connectivity index (χ1n) is 8.30. The van der Waals surface area contributed by atoms with Gasteiger partial charge in [-0.05, 0) is 41.6 Å². The predicted octanol–water partition coefficient (Wildman–Crippen LogP) is 4.77. The van der Waals surface area contributed by atoms with Crippen LogP contribution < -0.4 is 0 Å². The van der Waals surface area contributed by atoms with Crippen molar-refractivity contribution in [2.45, 2.75) is 22.2 Å². The molecule has 0 fully saturated rings. The average molecular weight is 457 g/mol. The highest BCUT2D eigenvalue weighted by Gasteiger charge is 2.30. The Bertz CT molecular complexity index is 1250. The Morgan fingerprint density at radius 1 is 1.37 bits per heavy atom. The number of fused-ring (bicyclic) bond motifs is 1. The van der Waals surface area contributed by atoms with Gasteiger partial charge in [0.2, 0.25) is 5.89 Å². The third-order valence-corrected chi connectivity index (χ3v) is 6.41. The highest BCUT2D eigenvalue weighted by molar-refractivity contribution is 8.00. The number of alkyl halides is 3. The summed E-state index contributed by atoms with van der Waals surface area (Å²) < 4.78 is 68.6. The molecule has 2 heterocycles. The smallest absolute Gasteiger partial charge is 0.435 e. The van der Waals surface area contributed by atoms with Gasteiger partial charge in [0.25, 0.3) is 0 Å². The zero-order valence-corrected chi connectivity index (χ0v) is 17.0. The normalized spacial score (nSPS) is 12.7. The molecule has 2 aromatic heterocycles. The highest BCUT2D eigenvalue weighted by atomic mass is 32.2. The summed E-state index contributed by atoms with van der Waals surface area (Å²) in [5.41, 5.74) is -3.73. The molecule has 0 unspecified atom stereocenters. The molecule has 0 radical (unpaired) electrons. The molecule has 0 spiro atoms. The Hall–Kier alpha value is -2.86. The van der Waals surface area contributed by atoms with Crippen molar-refractivity contribution in [2.75, 3.05) is 5.75 Å². The summed E-state index contributed by atoms with van der Waals surface area (Å²) in [6.45, 7) is 5.11. The number of pyridine rings is 1. The van der Waals surface area contributed by atoms with Gasteiger partial charge in [-0.3, -0.25) is 0 Å². The van der Waals surface area contributed by atoms with Gasteiger partial charge in [-0.1, -0.05) is 18.7 Å². The topological polar surface area (TPSA) is 106 Å². The predicted molar refractivity (Wildman–Crippen MR) is 106 cm³/mol. The molecule has 1 N–H and O–H groups in total. The number of hydrogen-bond acceptors (Lipinski definition) is 8. The van der Waals surface area contributed by atoms with E-state index in [1.807, 2.05) is 0 Å². The maximum atomic E-state index is 12.6. The molecule has 30 heavy (non-hydrogen) atoms. The van der Waals surface area contributed by atoms with Crippen molar-refractivity contribution in [2.24, 2.45) is 5.16 Å². The van der Waals surface area contributed by atoms with Gasteiger partial charge in [0.15, 0.2) is 15.4 Å². The number of nitrogens with zero attached hydrogens (tertiary/aromatic N) is 3. The van der Waals surface area contributed by atoms with Gasteiger partial charge in [-0.25, -0.2) is 18.4 Å². The van der Waals surface area contributed by atoms with Crippen LogP contribution in [0.1, 0.15) is 12.5 Å². The lowest BCUT2D eigenvalue weighted by atomic mass is 10.1. The second-order valence-electron chi connectivity index (χ2n) is 5.94. The summed E-state index contributed by atoms with van der Waals surface area (Å²) in [6, 6.07) is 5.04. The fourth-order valence-electron chi connectivity index (χ4n) is 2.52. The monoisotopic (exact) mass is 457 g/mol. The van der Waals surface area contributed by atoms with Gasteiger partial charge in [0.1, 0.15) is 11.2 Å². The van der Waals surface area contributed by atoms with Crippen LogP contribution in [0.2, 0.25) is 0 Å². The van der Waals surface area contributed by atoms with Gasteiger partial charge in [0, 0.05) is 16.7 Å². The Labute approximate surface area is 173 Å². The molecule has 0 aliphatic carbocycles. The number of thioether (sulfide) groups is 1. The maximum Gasteiger partial charge on any atom is 0.446 e. The van der Waals surface area contributed by atoms with E-state index in [0.29, 0.717) is 5.56 Å². The van der Waals surface area contributed by atoms with Crippen LogP contribution in [0.3, 0.4) is 0 Å². The van der Waals surface area contributed by atoms with Crippen LogP contribution in [0.25, 0.3) is 28.3 Å². The molecule has 158 valence electrons. The molecule has 0 atom stereocenters.